The van der Waals surface area contributed by atoms with Crippen molar-refractivity contribution in [2.24, 2.45) is 0 Å². The molecule has 1 aromatic rings. The van der Waals surface area contributed by atoms with Gasteiger partial charge in [0, 0.05) is 24.7 Å². The fourth-order valence-corrected chi connectivity index (χ4v) is 4.17. The van der Waals surface area contributed by atoms with Crippen LogP contribution in [0.4, 0.5) is 0 Å². The molecule has 1 aromatic carbocycles. The Morgan fingerprint density at radius 1 is 1.17 bits per heavy atom. The number of hydrogen-bond acceptors (Lipinski definition) is 2. The van der Waals surface area contributed by atoms with Crippen LogP contribution in [0, 0.1) is 0 Å². The second-order valence-electron chi connectivity index (χ2n) is 9.19. The highest BCUT2D eigenvalue weighted by atomic mass is 28.4. The summed E-state index contributed by atoms with van der Waals surface area (Å²) < 4.78 is 6.54. The lowest BCUT2D eigenvalue weighted by molar-refractivity contribution is 0.0845. The van der Waals surface area contributed by atoms with Gasteiger partial charge in [0.15, 0.2) is 8.32 Å². The minimum atomic E-state index is -1.67. The maximum absolute atomic E-state index is 6.54. The molecule has 0 N–H and O–H groups in total. The third kappa shape index (κ3) is 4.46. The van der Waals surface area contributed by atoms with Crippen LogP contribution in [0.25, 0.3) is 0 Å². The Bertz CT molecular complexity index is 504. The van der Waals surface area contributed by atoms with Crippen molar-refractivity contribution in [3.63, 3.8) is 0 Å². The van der Waals surface area contributed by atoms with Crippen molar-refractivity contribution < 1.29 is 4.43 Å². The number of nitrogens with zero attached hydrogens (tertiary/aromatic N) is 1. The van der Waals surface area contributed by atoms with Gasteiger partial charge in [-0.15, -0.1) is 0 Å². The molecule has 0 saturated carbocycles. The molecule has 2 nitrogen and oxygen atoms in total. The molecule has 2 rings (SSSR count). The minimum absolute atomic E-state index is 0.261. The lowest BCUT2D eigenvalue weighted by atomic mass is 10.0. The van der Waals surface area contributed by atoms with Crippen LogP contribution in [0.15, 0.2) is 30.3 Å². The summed E-state index contributed by atoms with van der Waals surface area (Å²) in [6, 6.07) is 11.4. The van der Waals surface area contributed by atoms with E-state index in [1.807, 2.05) is 0 Å². The lowest BCUT2D eigenvalue weighted by Crippen LogP contribution is -2.48. The zero-order valence-corrected chi connectivity index (χ0v) is 17.1. The molecule has 1 aliphatic heterocycles. The fraction of sp³-hybridized carbons (Fsp3) is 0.700. The first kappa shape index (κ1) is 18.7. The molecule has 1 fully saturated rings. The molecule has 0 radical (unpaired) electrons. The largest absolute Gasteiger partial charge is 0.415 e. The van der Waals surface area contributed by atoms with Gasteiger partial charge in [-0.1, -0.05) is 51.1 Å². The van der Waals surface area contributed by atoms with Crippen LogP contribution in [0.3, 0.4) is 0 Å². The highest BCUT2D eigenvalue weighted by Crippen LogP contribution is 2.39. The predicted octanol–water partition coefficient (Wildman–Crippen LogP) is 5.45. The van der Waals surface area contributed by atoms with Gasteiger partial charge in [0.2, 0.25) is 0 Å². The van der Waals surface area contributed by atoms with Crippen molar-refractivity contribution in [2.45, 2.75) is 83.7 Å². The summed E-state index contributed by atoms with van der Waals surface area (Å²) in [6.07, 6.45) is 2.50. The van der Waals surface area contributed by atoms with E-state index in [0.717, 1.165) is 13.2 Å². The van der Waals surface area contributed by atoms with E-state index in [2.05, 4.69) is 82.9 Å². The van der Waals surface area contributed by atoms with E-state index < -0.39 is 8.32 Å². The van der Waals surface area contributed by atoms with Gasteiger partial charge in [0.25, 0.3) is 0 Å². The standard InChI is InChI=1S/C20H35NOSi/c1-19(2,3)23(6,7)22-16-18-13-14-20(4,5)21(18)15-17-11-9-8-10-12-17/h8-12,18H,13-16H2,1-7H3/t18-/m1/s1. The summed E-state index contributed by atoms with van der Waals surface area (Å²) in [6.45, 7) is 18.3. The van der Waals surface area contributed by atoms with Crippen LogP contribution in [-0.4, -0.2) is 31.4 Å². The monoisotopic (exact) mass is 333 g/mol. The van der Waals surface area contributed by atoms with Gasteiger partial charge in [0.05, 0.1) is 0 Å². The summed E-state index contributed by atoms with van der Waals surface area (Å²) in [5.74, 6) is 0. The Morgan fingerprint density at radius 2 is 1.78 bits per heavy atom. The zero-order valence-electron chi connectivity index (χ0n) is 16.1. The number of benzene rings is 1. The van der Waals surface area contributed by atoms with Gasteiger partial charge in [0.1, 0.15) is 0 Å². The number of rotatable bonds is 5. The van der Waals surface area contributed by atoms with Crippen LogP contribution in [0.5, 0.6) is 0 Å². The summed E-state index contributed by atoms with van der Waals surface area (Å²) in [5, 5.41) is 0.283. The lowest BCUT2D eigenvalue weighted by Gasteiger charge is -2.40. The third-order valence-corrected chi connectivity index (χ3v) is 10.4. The van der Waals surface area contributed by atoms with Crippen LogP contribution in [0.2, 0.25) is 18.1 Å². The van der Waals surface area contributed by atoms with Gasteiger partial charge in [-0.05, 0) is 50.4 Å². The van der Waals surface area contributed by atoms with Crippen molar-refractivity contribution in [3.8, 4) is 0 Å². The Morgan fingerprint density at radius 3 is 2.35 bits per heavy atom. The molecule has 3 heteroatoms. The smallest absolute Gasteiger partial charge is 0.192 e. The van der Waals surface area contributed by atoms with E-state index in [1.165, 1.54) is 18.4 Å². The summed E-state index contributed by atoms with van der Waals surface area (Å²) in [7, 11) is -1.67. The minimum Gasteiger partial charge on any atom is -0.415 e. The van der Waals surface area contributed by atoms with Crippen LogP contribution in [-0.2, 0) is 11.0 Å². The molecule has 23 heavy (non-hydrogen) atoms. The first-order chi connectivity index (χ1) is 10.5. The Balaban J connectivity index is 2.06. The number of hydrogen-bond donors (Lipinski definition) is 0. The molecular weight excluding hydrogens is 298 g/mol. The molecule has 0 aromatic heterocycles. The molecule has 1 aliphatic rings. The zero-order chi connectivity index (χ0) is 17.3. The first-order valence-electron chi connectivity index (χ1n) is 8.98. The predicted molar refractivity (Wildman–Crippen MR) is 102 cm³/mol. The van der Waals surface area contributed by atoms with Crippen LogP contribution < -0.4 is 0 Å². The molecule has 0 amide bonds. The molecule has 1 saturated heterocycles. The molecule has 1 atom stereocenters. The van der Waals surface area contributed by atoms with Gasteiger partial charge in [-0.3, -0.25) is 4.90 Å². The summed E-state index contributed by atoms with van der Waals surface area (Å²) in [5.41, 5.74) is 1.66. The number of likely N-dealkylation sites (tertiary alicyclic amines) is 1. The average molecular weight is 334 g/mol. The first-order valence-corrected chi connectivity index (χ1v) is 11.9. The normalized spacial score (nSPS) is 22.5. The van der Waals surface area contributed by atoms with Gasteiger partial charge < -0.3 is 4.43 Å². The van der Waals surface area contributed by atoms with Crippen molar-refractivity contribution in [1.29, 1.82) is 0 Å². The quantitative estimate of drug-likeness (QED) is 0.664. The highest BCUT2D eigenvalue weighted by Gasteiger charge is 2.42. The molecule has 1 heterocycles. The fourth-order valence-electron chi connectivity index (χ4n) is 3.13. The second kappa shape index (κ2) is 6.70. The molecule has 130 valence electrons. The molecular formula is C20H35NOSi. The maximum atomic E-state index is 6.54. The van der Waals surface area contributed by atoms with Gasteiger partial charge in [-0.25, -0.2) is 0 Å². The molecule has 0 bridgehead atoms. The van der Waals surface area contributed by atoms with E-state index in [-0.39, 0.29) is 10.6 Å². The molecule has 0 aliphatic carbocycles. The Kier molecular flexibility index (Phi) is 5.44. The van der Waals surface area contributed by atoms with Crippen LogP contribution >= 0.6 is 0 Å². The topological polar surface area (TPSA) is 12.5 Å². The Hall–Kier alpha value is -0.643. The van der Waals surface area contributed by atoms with E-state index in [1.54, 1.807) is 0 Å². The average Bonchev–Trinajstić information content (AvgIpc) is 2.72. The van der Waals surface area contributed by atoms with Crippen molar-refractivity contribution in [2.75, 3.05) is 6.61 Å². The molecule has 0 spiro atoms. The third-order valence-electron chi connectivity index (χ3n) is 5.95. The van der Waals surface area contributed by atoms with Crippen molar-refractivity contribution in [3.05, 3.63) is 35.9 Å². The van der Waals surface area contributed by atoms with E-state index in [0.29, 0.717) is 6.04 Å². The SMILES string of the molecule is CC1(C)CC[C@H](CO[Si](C)(C)C(C)(C)C)N1Cc1ccccc1. The van der Waals surface area contributed by atoms with Gasteiger partial charge in [-0.2, -0.15) is 0 Å². The Labute approximate surface area is 144 Å². The van der Waals surface area contributed by atoms with E-state index in [4.69, 9.17) is 4.43 Å². The molecule has 0 unspecified atom stereocenters. The second-order valence-corrected chi connectivity index (χ2v) is 14.0. The summed E-state index contributed by atoms with van der Waals surface area (Å²) in [4.78, 5) is 2.66. The van der Waals surface area contributed by atoms with E-state index >= 15 is 0 Å². The van der Waals surface area contributed by atoms with E-state index in [9.17, 15) is 0 Å². The van der Waals surface area contributed by atoms with Crippen molar-refractivity contribution in [1.82, 2.24) is 4.90 Å². The van der Waals surface area contributed by atoms with Crippen molar-refractivity contribution >= 4 is 8.32 Å². The maximum Gasteiger partial charge on any atom is 0.192 e. The van der Waals surface area contributed by atoms with Crippen LogP contribution in [0.1, 0.15) is 53.0 Å². The van der Waals surface area contributed by atoms with Gasteiger partial charge >= 0.3 is 0 Å². The summed E-state index contributed by atoms with van der Waals surface area (Å²) >= 11 is 0. The highest BCUT2D eigenvalue weighted by molar-refractivity contribution is 6.74.